The molecule has 0 saturated carbocycles. The third-order valence-corrected chi connectivity index (χ3v) is 8.08. The van der Waals surface area contributed by atoms with Crippen LogP contribution < -0.4 is 5.69 Å². The molecule has 0 unspecified atom stereocenters. The highest BCUT2D eigenvalue weighted by atomic mass is 19.4. The van der Waals surface area contributed by atoms with E-state index in [0.717, 1.165) is 21.9 Å². The molecule has 12 heteroatoms. The van der Waals surface area contributed by atoms with E-state index in [-0.39, 0.29) is 17.5 Å². The highest BCUT2D eigenvalue weighted by Gasteiger charge is 2.42. The van der Waals surface area contributed by atoms with Gasteiger partial charge in [0.2, 0.25) is 0 Å². The number of fused-ring (bicyclic) bond motifs is 1. The van der Waals surface area contributed by atoms with Crippen LogP contribution in [0.2, 0.25) is 0 Å². The van der Waals surface area contributed by atoms with Gasteiger partial charge in [0.05, 0.1) is 30.0 Å². The summed E-state index contributed by atoms with van der Waals surface area (Å²) in [5.74, 6) is 0.782. The molecule has 2 aliphatic rings. The molecule has 8 nitrogen and oxygen atoms in total. The number of ether oxygens (including phenoxy) is 1. The van der Waals surface area contributed by atoms with Crippen molar-refractivity contribution in [1.82, 2.24) is 28.6 Å². The van der Waals surface area contributed by atoms with E-state index in [9.17, 15) is 22.4 Å². The zero-order chi connectivity index (χ0) is 27.5. The van der Waals surface area contributed by atoms with Crippen LogP contribution >= 0.6 is 0 Å². The summed E-state index contributed by atoms with van der Waals surface area (Å²) in [5, 5.41) is 8.13. The standard InChI is InChI=1S/C27H28F4N6O2/c1-17(35-7-6-20(28)12-35)18-8-22(27(29,30)31)23-13-36(25(38)37(23)11-18)21-5-3-4-19(9-21)26(14-39-15-26)10-24-33-32-16-34(24)2/h3-5,8-9,11,13,16-17,20H,6-7,10,12,14-15H2,1-2H3/t17-,20-/m0/s1. The molecule has 0 aliphatic carbocycles. The molecule has 206 valence electrons. The quantitative estimate of drug-likeness (QED) is 0.345. The van der Waals surface area contributed by atoms with Gasteiger partial charge in [0.25, 0.3) is 0 Å². The van der Waals surface area contributed by atoms with Crippen molar-refractivity contribution in [1.29, 1.82) is 0 Å². The maximum Gasteiger partial charge on any atom is 0.418 e. The highest BCUT2D eigenvalue weighted by molar-refractivity contribution is 5.58. The second kappa shape index (κ2) is 9.30. The van der Waals surface area contributed by atoms with Gasteiger partial charge in [0.15, 0.2) is 0 Å². The minimum absolute atomic E-state index is 0.156. The number of nitrogens with zero attached hydrogens (tertiary/aromatic N) is 6. The highest BCUT2D eigenvalue weighted by Crippen LogP contribution is 2.38. The number of benzene rings is 1. The molecule has 5 heterocycles. The average molecular weight is 545 g/mol. The maximum absolute atomic E-state index is 14.2. The van der Waals surface area contributed by atoms with E-state index in [1.807, 2.05) is 23.7 Å². The first-order valence-electron chi connectivity index (χ1n) is 12.8. The summed E-state index contributed by atoms with van der Waals surface area (Å²) < 4.78 is 66.1. The molecule has 0 spiro atoms. The normalized spacial score (nSPS) is 20.4. The lowest BCUT2D eigenvalue weighted by Gasteiger charge is -2.41. The Morgan fingerprint density at radius 3 is 2.62 bits per heavy atom. The van der Waals surface area contributed by atoms with Gasteiger partial charge in [-0.1, -0.05) is 12.1 Å². The number of alkyl halides is 4. The van der Waals surface area contributed by atoms with E-state index in [0.29, 0.717) is 43.9 Å². The fraction of sp³-hybridized carbons (Fsp3) is 0.444. The van der Waals surface area contributed by atoms with Crippen molar-refractivity contribution in [2.24, 2.45) is 7.05 Å². The van der Waals surface area contributed by atoms with Gasteiger partial charge < -0.3 is 9.30 Å². The Balaban J connectivity index is 1.43. The summed E-state index contributed by atoms with van der Waals surface area (Å²) in [5.41, 5.74) is -0.473. The summed E-state index contributed by atoms with van der Waals surface area (Å²) in [6.07, 6.45) is -0.481. The molecule has 2 aliphatic heterocycles. The van der Waals surface area contributed by atoms with Crippen LogP contribution in [0.5, 0.6) is 0 Å². The van der Waals surface area contributed by atoms with Crippen LogP contribution in [0.3, 0.4) is 0 Å². The first-order chi connectivity index (χ1) is 18.6. The zero-order valence-corrected chi connectivity index (χ0v) is 21.5. The Labute approximate surface area is 221 Å². The molecule has 4 aromatic rings. The van der Waals surface area contributed by atoms with Gasteiger partial charge in [0.1, 0.15) is 18.3 Å². The van der Waals surface area contributed by atoms with E-state index in [4.69, 9.17) is 4.74 Å². The number of aryl methyl sites for hydroxylation is 1. The van der Waals surface area contributed by atoms with Gasteiger partial charge in [-0.2, -0.15) is 13.2 Å². The van der Waals surface area contributed by atoms with Gasteiger partial charge in [-0.3, -0.25) is 13.9 Å². The number of likely N-dealkylation sites (tertiary alicyclic amines) is 1. The molecule has 0 bridgehead atoms. The molecular formula is C27H28F4N6O2. The van der Waals surface area contributed by atoms with E-state index in [1.165, 1.54) is 17.0 Å². The number of hydrogen-bond donors (Lipinski definition) is 0. The lowest BCUT2D eigenvalue weighted by molar-refractivity contribution is -0.136. The number of aromatic nitrogens is 5. The van der Waals surface area contributed by atoms with E-state index in [1.54, 1.807) is 30.3 Å². The van der Waals surface area contributed by atoms with Gasteiger partial charge in [-0.15, -0.1) is 10.2 Å². The van der Waals surface area contributed by atoms with Gasteiger partial charge in [-0.05, 0) is 42.7 Å². The van der Waals surface area contributed by atoms with Crippen molar-refractivity contribution in [3.05, 3.63) is 82.1 Å². The lowest BCUT2D eigenvalue weighted by atomic mass is 9.75. The Hall–Kier alpha value is -3.51. The van der Waals surface area contributed by atoms with Crippen molar-refractivity contribution in [3.63, 3.8) is 0 Å². The molecule has 2 saturated heterocycles. The fourth-order valence-corrected chi connectivity index (χ4v) is 5.63. The molecule has 6 rings (SSSR count). The van der Waals surface area contributed by atoms with E-state index in [2.05, 4.69) is 10.2 Å². The largest absolute Gasteiger partial charge is 0.418 e. The maximum atomic E-state index is 14.2. The molecule has 1 aromatic carbocycles. The molecule has 3 aromatic heterocycles. The van der Waals surface area contributed by atoms with Crippen LogP contribution in [0.25, 0.3) is 11.2 Å². The second-order valence-corrected chi connectivity index (χ2v) is 10.6. The fourth-order valence-electron chi connectivity index (χ4n) is 5.63. The molecule has 0 amide bonds. The van der Waals surface area contributed by atoms with Crippen LogP contribution in [-0.2, 0) is 29.8 Å². The van der Waals surface area contributed by atoms with Crippen molar-refractivity contribution in [3.8, 4) is 5.69 Å². The molecule has 39 heavy (non-hydrogen) atoms. The second-order valence-electron chi connectivity index (χ2n) is 10.6. The zero-order valence-electron chi connectivity index (χ0n) is 21.5. The number of rotatable bonds is 6. The van der Waals surface area contributed by atoms with Crippen LogP contribution in [0.15, 0.2) is 53.8 Å². The number of halogens is 4. The minimum atomic E-state index is -4.68. The average Bonchev–Trinajstić information content (AvgIpc) is 3.58. The topological polar surface area (TPSA) is 69.6 Å². The van der Waals surface area contributed by atoms with Crippen molar-refractivity contribution in [2.45, 2.75) is 43.6 Å². The van der Waals surface area contributed by atoms with E-state index < -0.39 is 29.6 Å². The van der Waals surface area contributed by atoms with Crippen molar-refractivity contribution >= 4 is 5.52 Å². The summed E-state index contributed by atoms with van der Waals surface area (Å²) >= 11 is 0. The Morgan fingerprint density at radius 2 is 2.00 bits per heavy atom. The summed E-state index contributed by atoms with van der Waals surface area (Å²) in [7, 11) is 1.86. The first kappa shape index (κ1) is 25.8. The Kier molecular flexibility index (Phi) is 6.14. The SMILES string of the molecule is C[C@@H](c1cc(C(F)(F)F)c2cn(-c3cccc(C4(Cc5nncn5C)COC4)c3)c(=O)n2c1)N1CC[C@H](F)C1. The monoisotopic (exact) mass is 544 g/mol. The number of pyridine rings is 1. The molecule has 2 fully saturated rings. The number of hydrogen-bond acceptors (Lipinski definition) is 5. The molecule has 0 N–H and O–H groups in total. The smallest absolute Gasteiger partial charge is 0.379 e. The third-order valence-electron chi connectivity index (χ3n) is 8.08. The molecular weight excluding hydrogens is 516 g/mol. The van der Waals surface area contributed by atoms with Gasteiger partial charge >= 0.3 is 11.9 Å². The Bertz CT molecular complexity index is 1590. The summed E-state index contributed by atoms with van der Waals surface area (Å²) in [4.78, 5) is 15.3. The van der Waals surface area contributed by atoms with Crippen molar-refractivity contribution < 1.29 is 22.3 Å². The van der Waals surface area contributed by atoms with E-state index >= 15 is 0 Å². The molecule has 2 atom stereocenters. The lowest BCUT2D eigenvalue weighted by Crippen LogP contribution is -2.49. The molecule has 0 radical (unpaired) electrons. The van der Waals surface area contributed by atoms with Crippen LogP contribution in [0, 0.1) is 0 Å². The Morgan fingerprint density at radius 1 is 1.21 bits per heavy atom. The van der Waals surface area contributed by atoms with Crippen LogP contribution in [-0.4, -0.2) is 61.1 Å². The first-order valence-corrected chi connectivity index (χ1v) is 12.8. The summed E-state index contributed by atoms with van der Waals surface area (Å²) in [6, 6.07) is 7.83. The minimum Gasteiger partial charge on any atom is -0.379 e. The van der Waals surface area contributed by atoms with Gasteiger partial charge in [0, 0.05) is 50.4 Å². The van der Waals surface area contributed by atoms with Crippen LogP contribution in [0.4, 0.5) is 17.6 Å². The predicted octanol–water partition coefficient (Wildman–Crippen LogP) is 3.85. The predicted molar refractivity (Wildman–Crippen MR) is 135 cm³/mol. The number of imidazole rings is 1. The van der Waals surface area contributed by atoms with Crippen LogP contribution in [0.1, 0.15) is 41.9 Å². The third kappa shape index (κ3) is 4.45. The van der Waals surface area contributed by atoms with Crippen molar-refractivity contribution in [2.75, 3.05) is 26.3 Å². The van der Waals surface area contributed by atoms with Gasteiger partial charge in [-0.25, -0.2) is 9.18 Å². The summed E-state index contributed by atoms with van der Waals surface area (Å²) in [6.45, 7) is 3.24.